The van der Waals surface area contributed by atoms with E-state index in [1.807, 2.05) is 6.92 Å². The maximum absolute atomic E-state index is 13.0. The van der Waals surface area contributed by atoms with Crippen molar-refractivity contribution in [3.05, 3.63) is 39.6 Å². The molecule has 0 aliphatic carbocycles. The number of rotatable bonds is 6. The number of nitrogens with zero attached hydrogens (tertiary/aromatic N) is 4. The zero-order chi connectivity index (χ0) is 22.0. The molecule has 0 bridgehead atoms. The van der Waals surface area contributed by atoms with Gasteiger partial charge in [0.15, 0.2) is 15.9 Å². The third kappa shape index (κ3) is 5.05. The highest BCUT2D eigenvalue weighted by molar-refractivity contribution is 7.99. The fraction of sp³-hybridized carbons (Fsp3) is 0.429. The number of hydrogen-bond acceptors (Lipinski definition) is 7. The SMILES string of the molecule is CCn1c(SCC(=O)Nc2cccc(Cl)c2)nc2nc(N3CCC(C)CC3)sc2c1=O. The third-order valence-corrected chi connectivity index (χ3v) is 7.59. The zero-order valence-electron chi connectivity index (χ0n) is 17.4. The number of piperidine rings is 1. The second-order valence-corrected chi connectivity index (χ2v) is 9.97. The van der Waals surface area contributed by atoms with Gasteiger partial charge in [0, 0.05) is 30.3 Å². The summed E-state index contributed by atoms with van der Waals surface area (Å²) in [4.78, 5) is 36.9. The van der Waals surface area contributed by atoms with E-state index in [2.05, 4.69) is 27.1 Å². The summed E-state index contributed by atoms with van der Waals surface area (Å²) in [6.07, 6.45) is 2.26. The predicted molar refractivity (Wildman–Crippen MR) is 129 cm³/mol. The van der Waals surface area contributed by atoms with Crippen LogP contribution in [-0.2, 0) is 11.3 Å². The molecule has 2 aromatic heterocycles. The number of thioether (sulfide) groups is 1. The van der Waals surface area contributed by atoms with E-state index in [0.717, 1.165) is 37.0 Å². The van der Waals surface area contributed by atoms with Gasteiger partial charge in [-0.3, -0.25) is 14.2 Å². The normalized spacial score (nSPS) is 14.9. The largest absolute Gasteiger partial charge is 0.348 e. The van der Waals surface area contributed by atoms with Gasteiger partial charge in [-0.1, -0.05) is 47.7 Å². The molecule has 0 saturated carbocycles. The highest BCUT2D eigenvalue weighted by Crippen LogP contribution is 2.30. The van der Waals surface area contributed by atoms with Gasteiger partial charge in [-0.2, -0.15) is 4.98 Å². The van der Waals surface area contributed by atoms with E-state index in [-0.39, 0.29) is 17.2 Å². The molecule has 1 N–H and O–H groups in total. The van der Waals surface area contributed by atoms with E-state index >= 15 is 0 Å². The highest BCUT2D eigenvalue weighted by Gasteiger charge is 2.22. The van der Waals surface area contributed by atoms with Crippen LogP contribution in [0.3, 0.4) is 0 Å². The maximum atomic E-state index is 13.0. The Balaban J connectivity index is 1.53. The lowest BCUT2D eigenvalue weighted by Crippen LogP contribution is -2.32. The lowest BCUT2D eigenvalue weighted by atomic mass is 10.00. The number of nitrogens with one attached hydrogen (secondary N) is 1. The van der Waals surface area contributed by atoms with Gasteiger partial charge in [-0.05, 0) is 43.9 Å². The summed E-state index contributed by atoms with van der Waals surface area (Å²) in [5.74, 6) is 0.665. The average molecular weight is 478 g/mol. The number of hydrogen-bond donors (Lipinski definition) is 1. The smallest absolute Gasteiger partial charge is 0.273 e. The number of fused-ring (bicyclic) bond motifs is 1. The van der Waals surface area contributed by atoms with Crippen molar-refractivity contribution in [2.45, 2.75) is 38.4 Å². The van der Waals surface area contributed by atoms with Crippen LogP contribution in [0.15, 0.2) is 34.2 Å². The molecular weight excluding hydrogens is 454 g/mol. The van der Waals surface area contributed by atoms with Crippen LogP contribution in [0.5, 0.6) is 0 Å². The molecule has 1 aliphatic heterocycles. The van der Waals surface area contributed by atoms with Crippen LogP contribution in [0.25, 0.3) is 10.3 Å². The molecule has 7 nitrogen and oxygen atoms in total. The van der Waals surface area contributed by atoms with Crippen molar-refractivity contribution in [3.63, 3.8) is 0 Å². The van der Waals surface area contributed by atoms with E-state index in [0.29, 0.717) is 32.8 Å². The molecule has 1 saturated heterocycles. The zero-order valence-corrected chi connectivity index (χ0v) is 19.8. The summed E-state index contributed by atoms with van der Waals surface area (Å²) < 4.78 is 2.18. The van der Waals surface area contributed by atoms with E-state index in [1.54, 1.807) is 28.8 Å². The number of carbonyl (C=O) groups excluding carboxylic acids is 1. The highest BCUT2D eigenvalue weighted by atomic mass is 35.5. The number of benzene rings is 1. The van der Waals surface area contributed by atoms with E-state index in [4.69, 9.17) is 11.6 Å². The van der Waals surface area contributed by atoms with Gasteiger partial charge in [0.2, 0.25) is 5.91 Å². The number of thiazole rings is 1. The van der Waals surface area contributed by atoms with E-state index in [9.17, 15) is 9.59 Å². The van der Waals surface area contributed by atoms with Crippen LogP contribution in [0, 0.1) is 5.92 Å². The molecule has 1 amide bonds. The molecule has 1 aromatic carbocycles. The molecule has 4 rings (SSSR count). The first-order valence-electron chi connectivity index (χ1n) is 10.3. The number of anilines is 2. The van der Waals surface area contributed by atoms with Crippen molar-refractivity contribution in [3.8, 4) is 0 Å². The average Bonchev–Trinajstić information content (AvgIpc) is 3.17. The first-order valence-corrected chi connectivity index (χ1v) is 12.5. The second-order valence-electron chi connectivity index (χ2n) is 7.61. The maximum Gasteiger partial charge on any atom is 0.273 e. The minimum atomic E-state index is -0.189. The second kappa shape index (κ2) is 9.58. The topological polar surface area (TPSA) is 80.1 Å². The molecule has 0 unspecified atom stereocenters. The molecule has 164 valence electrons. The van der Waals surface area contributed by atoms with Crippen molar-refractivity contribution >= 4 is 61.8 Å². The van der Waals surface area contributed by atoms with Gasteiger partial charge < -0.3 is 10.2 Å². The number of halogens is 1. The van der Waals surface area contributed by atoms with E-state index < -0.39 is 0 Å². The van der Waals surface area contributed by atoms with Crippen LogP contribution in [0.4, 0.5) is 10.8 Å². The fourth-order valence-electron chi connectivity index (χ4n) is 3.49. The van der Waals surface area contributed by atoms with Crippen LogP contribution < -0.4 is 15.8 Å². The van der Waals surface area contributed by atoms with Crippen molar-refractivity contribution < 1.29 is 4.79 Å². The Kier molecular flexibility index (Phi) is 6.83. The Morgan fingerprint density at radius 1 is 1.32 bits per heavy atom. The standard InChI is InChI=1S/C21H24ClN5O2S2/c1-3-27-19(29)17-18(24-20(31-17)26-9-7-13(2)8-10-26)25-21(27)30-12-16(28)23-15-6-4-5-14(22)11-15/h4-6,11,13H,3,7-10,12H2,1-2H3,(H,23,28). The number of carbonyl (C=O) groups is 1. The molecule has 0 radical (unpaired) electrons. The lowest BCUT2D eigenvalue weighted by Gasteiger charge is -2.29. The van der Waals surface area contributed by atoms with Gasteiger partial charge in [0.05, 0.1) is 5.75 Å². The van der Waals surface area contributed by atoms with Crippen molar-refractivity contribution in [1.82, 2.24) is 14.5 Å². The summed E-state index contributed by atoms with van der Waals surface area (Å²) >= 11 is 8.62. The van der Waals surface area contributed by atoms with Crippen LogP contribution in [0.2, 0.25) is 5.02 Å². The molecule has 0 atom stereocenters. The third-order valence-electron chi connectivity index (χ3n) is 5.28. The van der Waals surface area contributed by atoms with Crippen LogP contribution >= 0.6 is 34.7 Å². The summed E-state index contributed by atoms with van der Waals surface area (Å²) in [5, 5.41) is 4.73. The molecule has 31 heavy (non-hydrogen) atoms. The van der Waals surface area contributed by atoms with Crippen LogP contribution in [-0.4, -0.2) is 39.3 Å². The van der Waals surface area contributed by atoms with Gasteiger partial charge >= 0.3 is 0 Å². The minimum absolute atomic E-state index is 0.0978. The molecule has 1 fully saturated rings. The van der Waals surface area contributed by atoms with Gasteiger partial charge in [0.1, 0.15) is 4.70 Å². The van der Waals surface area contributed by atoms with Gasteiger partial charge in [-0.25, -0.2) is 4.98 Å². The van der Waals surface area contributed by atoms with Crippen LogP contribution in [0.1, 0.15) is 26.7 Å². The Morgan fingerprint density at radius 2 is 2.10 bits per heavy atom. The first kappa shape index (κ1) is 22.1. The summed E-state index contributed by atoms with van der Waals surface area (Å²) in [7, 11) is 0. The Labute approximate surface area is 193 Å². The van der Waals surface area contributed by atoms with Gasteiger partial charge in [-0.15, -0.1) is 0 Å². The number of aromatic nitrogens is 3. The van der Waals surface area contributed by atoms with Gasteiger partial charge in [0.25, 0.3) is 5.56 Å². The Bertz CT molecular complexity index is 1150. The van der Waals surface area contributed by atoms with Crippen molar-refractivity contribution in [1.29, 1.82) is 0 Å². The quantitative estimate of drug-likeness (QED) is 0.416. The predicted octanol–water partition coefficient (Wildman–Crippen LogP) is 4.49. The Morgan fingerprint density at radius 3 is 2.81 bits per heavy atom. The van der Waals surface area contributed by atoms with Crippen molar-refractivity contribution in [2.75, 3.05) is 29.1 Å². The number of amides is 1. The first-order chi connectivity index (χ1) is 14.9. The molecule has 3 heterocycles. The molecule has 0 spiro atoms. The Hall–Kier alpha value is -2.10. The van der Waals surface area contributed by atoms with Crippen molar-refractivity contribution in [2.24, 2.45) is 5.92 Å². The summed E-state index contributed by atoms with van der Waals surface area (Å²) in [5.41, 5.74) is 1.000. The lowest BCUT2D eigenvalue weighted by molar-refractivity contribution is -0.113. The molecular formula is C21H24ClN5O2S2. The molecule has 1 aliphatic rings. The summed E-state index contributed by atoms with van der Waals surface area (Å²) in [6, 6.07) is 6.99. The molecule has 10 heteroatoms. The minimum Gasteiger partial charge on any atom is -0.348 e. The monoisotopic (exact) mass is 477 g/mol. The van der Waals surface area contributed by atoms with E-state index in [1.165, 1.54) is 23.1 Å². The molecule has 3 aromatic rings. The fourth-order valence-corrected chi connectivity index (χ4v) is 5.54. The summed E-state index contributed by atoms with van der Waals surface area (Å²) in [6.45, 7) is 6.55.